The Bertz CT molecular complexity index is 1160. The van der Waals surface area contributed by atoms with E-state index in [1.54, 1.807) is 18.2 Å². The molecule has 166 valence electrons. The summed E-state index contributed by atoms with van der Waals surface area (Å²) in [5.74, 6) is 0.0390. The molecule has 0 unspecified atom stereocenters. The van der Waals surface area contributed by atoms with Crippen LogP contribution in [0.2, 0.25) is 0 Å². The van der Waals surface area contributed by atoms with Crippen LogP contribution in [-0.2, 0) is 4.79 Å². The molecule has 9 nitrogen and oxygen atoms in total. The van der Waals surface area contributed by atoms with Crippen molar-refractivity contribution in [2.24, 2.45) is 0 Å². The number of thioether (sulfide) groups is 1. The van der Waals surface area contributed by atoms with E-state index >= 15 is 0 Å². The van der Waals surface area contributed by atoms with Gasteiger partial charge in [-0.3, -0.25) is 0 Å². The van der Waals surface area contributed by atoms with Crippen molar-refractivity contribution in [1.29, 1.82) is 0 Å². The highest BCUT2D eigenvalue weighted by Crippen LogP contribution is 2.41. The van der Waals surface area contributed by atoms with Crippen molar-refractivity contribution in [3.63, 3.8) is 0 Å². The van der Waals surface area contributed by atoms with E-state index in [4.69, 9.17) is 19.3 Å². The van der Waals surface area contributed by atoms with Crippen LogP contribution in [0.1, 0.15) is 18.7 Å². The van der Waals surface area contributed by atoms with Crippen molar-refractivity contribution >= 4 is 39.3 Å². The Kier molecular flexibility index (Phi) is 6.66. The summed E-state index contributed by atoms with van der Waals surface area (Å²) >= 11 is 4.87. The highest BCUT2D eigenvalue weighted by Gasteiger charge is 2.27. The van der Waals surface area contributed by atoms with E-state index in [0.29, 0.717) is 34.8 Å². The smallest absolute Gasteiger partial charge is 0.341 e. The number of aliphatic carboxylic acids is 1. The molecule has 1 aliphatic heterocycles. The molecule has 0 spiro atoms. The van der Waals surface area contributed by atoms with Gasteiger partial charge in [-0.25, -0.2) is 4.79 Å². The van der Waals surface area contributed by atoms with E-state index < -0.39 is 18.8 Å². The third-order valence-electron chi connectivity index (χ3n) is 4.49. The average Bonchev–Trinajstić information content (AvgIpc) is 2.94. The van der Waals surface area contributed by atoms with Crippen LogP contribution in [0.25, 0.3) is 11.3 Å². The number of anilines is 1. The number of carboxylic acid groups (broad SMARTS) is 1. The molecule has 0 aliphatic carbocycles. The fourth-order valence-electron chi connectivity index (χ4n) is 3.12. The molecular weight excluding hydrogens is 500 g/mol. The second-order valence-corrected chi connectivity index (χ2v) is 8.30. The van der Waals surface area contributed by atoms with Crippen molar-refractivity contribution in [2.75, 3.05) is 24.8 Å². The largest absolute Gasteiger partial charge is 0.490 e. The normalized spacial score (nSPS) is 14.3. The predicted octanol–water partition coefficient (Wildman–Crippen LogP) is 4.39. The molecular formula is C21H19BrN4O5S. The molecule has 0 radical (unpaired) electrons. The zero-order valence-corrected chi connectivity index (χ0v) is 19.6. The van der Waals surface area contributed by atoms with Gasteiger partial charge in [0.05, 0.1) is 6.61 Å². The van der Waals surface area contributed by atoms with Crippen molar-refractivity contribution in [3.05, 3.63) is 46.4 Å². The SMILES string of the molecule is CCOc1cc([C@H]2Nc3ccc(Br)cc3-c3nnc(SC)nc3O2)ccc1OCC(=O)O. The number of hydrogen-bond donors (Lipinski definition) is 2. The minimum atomic E-state index is -1.07. The zero-order chi connectivity index (χ0) is 22.7. The molecule has 0 fully saturated rings. The van der Waals surface area contributed by atoms with Crippen LogP contribution in [0.3, 0.4) is 0 Å². The number of aromatic nitrogens is 3. The summed E-state index contributed by atoms with van der Waals surface area (Å²) < 4.78 is 18.1. The predicted molar refractivity (Wildman–Crippen MR) is 122 cm³/mol. The minimum Gasteiger partial charge on any atom is -0.490 e. The first-order valence-corrected chi connectivity index (χ1v) is 11.6. The van der Waals surface area contributed by atoms with E-state index in [1.807, 2.05) is 31.4 Å². The molecule has 0 saturated heterocycles. The van der Waals surface area contributed by atoms with Crippen LogP contribution < -0.4 is 19.5 Å². The number of hydrogen-bond acceptors (Lipinski definition) is 9. The van der Waals surface area contributed by atoms with E-state index in [0.717, 1.165) is 21.3 Å². The highest BCUT2D eigenvalue weighted by atomic mass is 79.9. The first-order chi connectivity index (χ1) is 15.5. The minimum absolute atomic E-state index is 0.338. The molecule has 2 N–H and O–H groups in total. The second kappa shape index (κ2) is 9.61. The van der Waals surface area contributed by atoms with E-state index in [2.05, 4.69) is 36.4 Å². The summed E-state index contributed by atoms with van der Waals surface area (Å²) in [4.78, 5) is 15.4. The lowest BCUT2D eigenvalue weighted by atomic mass is 10.1. The molecule has 0 bridgehead atoms. The Labute approximate surface area is 196 Å². The van der Waals surface area contributed by atoms with Crippen LogP contribution in [0.5, 0.6) is 17.4 Å². The van der Waals surface area contributed by atoms with Crippen LogP contribution in [-0.4, -0.2) is 45.7 Å². The second-order valence-electron chi connectivity index (χ2n) is 6.61. The van der Waals surface area contributed by atoms with Crippen LogP contribution in [0, 0.1) is 0 Å². The quantitative estimate of drug-likeness (QED) is 0.436. The maximum Gasteiger partial charge on any atom is 0.341 e. The molecule has 1 atom stereocenters. The summed E-state index contributed by atoms with van der Waals surface area (Å²) in [6.07, 6.45) is 1.25. The molecule has 0 amide bonds. The molecule has 3 aromatic rings. The van der Waals surface area contributed by atoms with Gasteiger partial charge in [0.25, 0.3) is 0 Å². The van der Waals surface area contributed by atoms with Crippen LogP contribution in [0.4, 0.5) is 5.69 Å². The lowest BCUT2D eigenvalue weighted by Gasteiger charge is -2.21. The van der Waals surface area contributed by atoms with Crippen molar-refractivity contribution in [2.45, 2.75) is 18.3 Å². The Morgan fingerprint density at radius 2 is 2.06 bits per heavy atom. The van der Waals surface area contributed by atoms with Gasteiger partial charge in [-0.1, -0.05) is 27.7 Å². The molecule has 11 heteroatoms. The molecule has 2 heterocycles. The van der Waals surface area contributed by atoms with E-state index in [1.165, 1.54) is 11.8 Å². The van der Waals surface area contributed by atoms with Crippen molar-refractivity contribution in [3.8, 4) is 28.6 Å². The summed E-state index contributed by atoms with van der Waals surface area (Å²) in [5.41, 5.74) is 2.87. The third kappa shape index (κ3) is 4.73. The number of nitrogens with zero attached hydrogens (tertiary/aromatic N) is 3. The van der Waals surface area contributed by atoms with E-state index in [9.17, 15) is 4.79 Å². The Hall–Kier alpha value is -3.05. The number of fused-ring (bicyclic) bond motifs is 3. The Morgan fingerprint density at radius 1 is 1.22 bits per heavy atom. The number of rotatable bonds is 7. The summed E-state index contributed by atoms with van der Waals surface area (Å²) in [5, 5.41) is 21.3. The van der Waals surface area contributed by atoms with Gasteiger partial charge < -0.3 is 24.6 Å². The first kappa shape index (κ1) is 22.2. The summed E-state index contributed by atoms with van der Waals surface area (Å²) in [6, 6.07) is 11.0. The van der Waals surface area contributed by atoms with Gasteiger partial charge >= 0.3 is 5.97 Å². The topological polar surface area (TPSA) is 116 Å². The van der Waals surface area contributed by atoms with Gasteiger partial charge in [0.2, 0.25) is 11.0 Å². The summed E-state index contributed by atoms with van der Waals surface area (Å²) in [7, 11) is 0. The highest BCUT2D eigenvalue weighted by molar-refractivity contribution is 9.10. The molecule has 0 saturated carbocycles. The molecule has 1 aromatic heterocycles. The standard InChI is InChI=1S/C21H19BrN4O5S/c1-3-29-16-8-11(4-7-15(16)30-10-17(27)28)19-23-14-6-5-12(22)9-13(14)18-20(31-19)24-21(32-2)26-25-18/h4-9,19,23H,3,10H2,1-2H3,(H,27,28)/t19-/m0/s1. The van der Waals surface area contributed by atoms with E-state index in [-0.39, 0.29) is 0 Å². The van der Waals surface area contributed by atoms with Gasteiger partial charge in [0.15, 0.2) is 30.0 Å². The average molecular weight is 519 g/mol. The number of benzene rings is 2. The van der Waals surface area contributed by atoms with Gasteiger partial charge in [0, 0.05) is 21.3 Å². The number of halogens is 1. The third-order valence-corrected chi connectivity index (χ3v) is 5.52. The van der Waals surface area contributed by atoms with Crippen LogP contribution >= 0.6 is 27.7 Å². The number of ether oxygens (including phenoxy) is 3. The number of carbonyl (C=O) groups is 1. The Balaban J connectivity index is 1.76. The Morgan fingerprint density at radius 3 is 2.81 bits per heavy atom. The summed E-state index contributed by atoms with van der Waals surface area (Å²) in [6.45, 7) is 1.76. The molecule has 2 aromatic carbocycles. The maximum atomic E-state index is 10.9. The lowest BCUT2D eigenvalue weighted by molar-refractivity contribution is -0.139. The molecule has 4 rings (SSSR count). The van der Waals surface area contributed by atoms with Crippen LogP contribution in [0.15, 0.2) is 46.0 Å². The van der Waals surface area contributed by atoms with Gasteiger partial charge in [-0.2, -0.15) is 4.98 Å². The van der Waals surface area contributed by atoms with Gasteiger partial charge in [0.1, 0.15) is 0 Å². The number of carboxylic acids is 1. The van der Waals surface area contributed by atoms with Gasteiger partial charge in [-0.05, 0) is 49.6 Å². The molecule has 32 heavy (non-hydrogen) atoms. The van der Waals surface area contributed by atoms with Gasteiger partial charge in [-0.15, -0.1) is 10.2 Å². The fraction of sp³-hybridized carbons (Fsp3) is 0.238. The lowest BCUT2D eigenvalue weighted by Crippen LogP contribution is -2.17. The van der Waals surface area contributed by atoms with Crippen molar-refractivity contribution < 1.29 is 24.1 Å². The molecule has 1 aliphatic rings. The monoisotopic (exact) mass is 518 g/mol. The number of nitrogens with one attached hydrogen (secondary N) is 1. The van der Waals surface area contributed by atoms with Crippen molar-refractivity contribution in [1.82, 2.24) is 15.2 Å². The first-order valence-electron chi connectivity index (χ1n) is 9.61. The fourth-order valence-corrected chi connectivity index (χ4v) is 3.78. The maximum absolute atomic E-state index is 10.9. The zero-order valence-electron chi connectivity index (χ0n) is 17.2.